The second kappa shape index (κ2) is 7.95. The molecule has 27 heavy (non-hydrogen) atoms. The van der Waals surface area contributed by atoms with Crippen molar-refractivity contribution in [1.82, 2.24) is 14.8 Å². The van der Waals surface area contributed by atoms with E-state index in [9.17, 15) is 4.79 Å². The number of aromatic nitrogens is 1. The summed E-state index contributed by atoms with van der Waals surface area (Å²) in [5.74, 6) is 0.627. The Morgan fingerprint density at radius 3 is 2.70 bits per heavy atom. The summed E-state index contributed by atoms with van der Waals surface area (Å²) >= 11 is 0. The van der Waals surface area contributed by atoms with Crippen LogP contribution in [0.15, 0.2) is 30.3 Å². The lowest BCUT2D eigenvalue weighted by atomic mass is 10.0. The number of hydrogen-bond acceptors (Lipinski definition) is 4. The molecule has 0 N–H and O–H groups in total. The van der Waals surface area contributed by atoms with Gasteiger partial charge in [-0.2, -0.15) is 0 Å². The Morgan fingerprint density at radius 1 is 1.19 bits per heavy atom. The van der Waals surface area contributed by atoms with Crippen molar-refractivity contribution in [2.24, 2.45) is 0 Å². The average molecular weight is 367 g/mol. The van der Waals surface area contributed by atoms with Crippen LogP contribution >= 0.6 is 0 Å². The minimum atomic E-state index is 0.104. The number of ether oxygens (including phenoxy) is 1. The molecule has 5 heteroatoms. The van der Waals surface area contributed by atoms with Crippen molar-refractivity contribution < 1.29 is 9.53 Å². The molecule has 1 saturated heterocycles. The third-order valence-corrected chi connectivity index (χ3v) is 5.51. The molecule has 0 spiro atoms. The molecule has 1 aromatic heterocycles. The molecule has 2 aromatic rings. The van der Waals surface area contributed by atoms with Crippen LogP contribution in [0.4, 0.5) is 0 Å². The van der Waals surface area contributed by atoms with Crippen LogP contribution in [-0.4, -0.2) is 67.1 Å². The minimum Gasteiger partial charge on any atom is -0.376 e. The highest BCUT2D eigenvalue weighted by Crippen LogP contribution is 2.40. The molecule has 1 aliphatic carbocycles. The van der Waals surface area contributed by atoms with Crippen LogP contribution in [0.2, 0.25) is 0 Å². The fourth-order valence-electron chi connectivity index (χ4n) is 3.76. The van der Waals surface area contributed by atoms with Gasteiger partial charge in [0.2, 0.25) is 0 Å². The molecule has 1 aliphatic heterocycles. The van der Waals surface area contributed by atoms with Gasteiger partial charge in [-0.3, -0.25) is 9.78 Å². The smallest absolute Gasteiger partial charge is 0.254 e. The molecule has 1 amide bonds. The maximum absolute atomic E-state index is 13.6. The number of benzene rings is 1. The fraction of sp³-hybridized carbons (Fsp3) is 0.545. The van der Waals surface area contributed by atoms with Crippen molar-refractivity contribution in [2.75, 3.05) is 40.3 Å². The van der Waals surface area contributed by atoms with Crippen molar-refractivity contribution in [2.45, 2.75) is 37.7 Å². The van der Waals surface area contributed by atoms with Crippen molar-refractivity contribution in [3.05, 3.63) is 41.6 Å². The number of fused-ring (bicyclic) bond motifs is 1. The largest absolute Gasteiger partial charge is 0.376 e. The molecular weight excluding hydrogens is 338 g/mol. The Kier molecular flexibility index (Phi) is 5.41. The zero-order valence-electron chi connectivity index (χ0n) is 16.4. The number of carbonyl (C=O) groups excluding carboxylic acids is 1. The molecule has 1 aromatic carbocycles. The van der Waals surface area contributed by atoms with Crippen LogP contribution in [0.3, 0.4) is 0 Å². The van der Waals surface area contributed by atoms with E-state index in [-0.39, 0.29) is 12.0 Å². The topological polar surface area (TPSA) is 45.7 Å². The Balaban J connectivity index is 1.66. The van der Waals surface area contributed by atoms with Gasteiger partial charge in [-0.1, -0.05) is 18.2 Å². The molecule has 5 nitrogen and oxygen atoms in total. The SMILES string of the molecule is CN(C)CCN(C[C@H]1CCCO1)C(=O)c1cc(C2CC2)nc2ccccc12. The van der Waals surface area contributed by atoms with Gasteiger partial charge < -0.3 is 14.5 Å². The van der Waals surface area contributed by atoms with Gasteiger partial charge >= 0.3 is 0 Å². The van der Waals surface area contributed by atoms with Gasteiger partial charge in [0.15, 0.2) is 0 Å². The van der Waals surface area contributed by atoms with Gasteiger partial charge in [-0.25, -0.2) is 0 Å². The quantitative estimate of drug-likeness (QED) is 0.753. The van der Waals surface area contributed by atoms with Crippen molar-refractivity contribution >= 4 is 16.8 Å². The minimum absolute atomic E-state index is 0.104. The van der Waals surface area contributed by atoms with Crippen LogP contribution in [0.25, 0.3) is 10.9 Å². The maximum atomic E-state index is 13.6. The van der Waals surface area contributed by atoms with Crippen molar-refractivity contribution in [3.8, 4) is 0 Å². The molecule has 0 radical (unpaired) electrons. The maximum Gasteiger partial charge on any atom is 0.254 e. The number of likely N-dealkylation sites (N-methyl/N-ethyl adjacent to an activating group) is 1. The van der Waals surface area contributed by atoms with Gasteiger partial charge in [-0.15, -0.1) is 0 Å². The Hall–Kier alpha value is -1.98. The Morgan fingerprint density at radius 2 is 2.00 bits per heavy atom. The number of pyridine rings is 1. The average Bonchev–Trinajstić information content (AvgIpc) is 3.40. The van der Waals surface area contributed by atoms with E-state index in [1.54, 1.807) is 0 Å². The van der Waals surface area contributed by atoms with E-state index >= 15 is 0 Å². The van der Waals surface area contributed by atoms with E-state index in [4.69, 9.17) is 9.72 Å². The molecule has 0 unspecified atom stereocenters. The van der Waals surface area contributed by atoms with Crippen LogP contribution in [-0.2, 0) is 4.74 Å². The second-order valence-electron chi connectivity index (χ2n) is 8.08. The molecule has 1 saturated carbocycles. The lowest BCUT2D eigenvalue weighted by Gasteiger charge is -2.27. The summed E-state index contributed by atoms with van der Waals surface area (Å²) in [5, 5.41) is 0.953. The van der Waals surface area contributed by atoms with Crippen LogP contribution in [0.5, 0.6) is 0 Å². The first kappa shape index (κ1) is 18.4. The number of hydrogen-bond donors (Lipinski definition) is 0. The number of nitrogens with zero attached hydrogens (tertiary/aromatic N) is 3. The monoisotopic (exact) mass is 367 g/mol. The predicted octanol–water partition coefficient (Wildman–Crippen LogP) is 3.30. The van der Waals surface area contributed by atoms with E-state index in [0.717, 1.165) is 48.2 Å². The first-order valence-corrected chi connectivity index (χ1v) is 10.1. The fourth-order valence-corrected chi connectivity index (χ4v) is 3.76. The second-order valence-corrected chi connectivity index (χ2v) is 8.08. The number of para-hydroxylation sites is 1. The van der Waals surface area contributed by atoms with E-state index in [2.05, 4.69) is 4.90 Å². The summed E-state index contributed by atoms with van der Waals surface area (Å²) in [7, 11) is 4.09. The summed E-state index contributed by atoms with van der Waals surface area (Å²) in [4.78, 5) is 22.5. The normalized spacial score (nSPS) is 19.7. The number of amides is 1. The zero-order chi connectivity index (χ0) is 18.8. The standard InChI is InChI=1S/C22H29N3O2/c1-24(2)11-12-25(15-17-6-5-13-27-17)22(26)19-14-21(16-9-10-16)23-20-8-4-3-7-18(19)20/h3-4,7-8,14,16-17H,5-6,9-13,15H2,1-2H3/t17-/m1/s1. The van der Waals surface area contributed by atoms with Gasteiger partial charge in [0.25, 0.3) is 5.91 Å². The molecule has 2 heterocycles. The van der Waals surface area contributed by atoms with Gasteiger partial charge in [-0.05, 0) is 51.9 Å². The van der Waals surface area contributed by atoms with E-state index < -0.39 is 0 Å². The van der Waals surface area contributed by atoms with E-state index in [1.807, 2.05) is 49.3 Å². The third-order valence-electron chi connectivity index (χ3n) is 5.51. The van der Waals surface area contributed by atoms with Gasteiger partial charge in [0.1, 0.15) is 0 Å². The highest BCUT2D eigenvalue weighted by atomic mass is 16.5. The Bertz CT molecular complexity index is 810. The third kappa shape index (κ3) is 4.30. The predicted molar refractivity (Wildman–Crippen MR) is 107 cm³/mol. The van der Waals surface area contributed by atoms with Crippen molar-refractivity contribution in [3.63, 3.8) is 0 Å². The van der Waals surface area contributed by atoms with Gasteiger partial charge in [0, 0.05) is 43.2 Å². The summed E-state index contributed by atoms with van der Waals surface area (Å²) in [5.41, 5.74) is 2.79. The number of carbonyl (C=O) groups is 1. The lowest BCUT2D eigenvalue weighted by Crippen LogP contribution is -2.41. The highest BCUT2D eigenvalue weighted by molar-refractivity contribution is 6.06. The summed E-state index contributed by atoms with van der Waals surface area (Å²) in [6.45, 7) is 3.03. The van der Waals surface area contributed by atoms with E-state index in [0.29, 0.717) is 19.0 Å². The molecular formula is C22H29N3O2. The lowest BCUT2D eigenvalue weighted by molar-refractivity contribution is 0.0513. The summed E-state index contributed by atoms with van der Waals surface area (Å²) < 4.78 is 5.82. The molecule has 2 fully saturated rings. The first-order chi connectivity index (χ1) is 13.1. The molecule has 4 rings (SSSR count). The Labute approximate surface area is 161 Å². The van der Waals surface area contributed by atoms with Gasteiger partial charge in [0.05, 0.1) is 17.2 Å². The molecule has 1 atom stereocenters. The molecule has 144 valence electrons. The highest BCUT2D eigenvalue weighted by Gasteiger charge is 2.29. The first-order valence-electron chi connectivity index (χ1n) is 10.1. The summed E-state index contributed by atoms with van der Waals surface area (Å²) in [6.07, 6.45) is 4.64. The van der Waals surface area contributed by atoms with Crippen LogP contribution in [0, 0.1) is 0 Å². The van der Waals surface area contributed by atoms with E-state index in [1.165, 1.54) is 12.8 Å². The van der Waals surface area contributed by atoms with Crippen LogP contribution < -0.4 is 0 Å². The molecule has 2 aliphatic rings. The van der Waals surface area contributed by atoms with Crippen LogP contribution in [0.1, 0.15) is 47.7 Å². The molecule has 0 bridgehead atoms. The zero-order valence-corrected chi connectivity index (χ0v) is 16.4. The summed E-state index contributed by atoms with van der Waals surface area (Å²) in [6, 6.07) is 10.1. The van der Waals surface area contributed by atoms with Crippen molar-refractivity contribution in [1.29, 1.82) is 0 Å². The number of rotatable bonds is 7.